The topological polar surface area (TPSA) is 65.5 Å². The molecule has 0 bridgehead atoms. The van der Waals surface area contributed by atoms with Gasteiger partial charge >= 0.3 is 0 Å². The molecular weight excluding hydrogens is 316 g/mol. The van der Waals surface area contributed by atoms with Gasteiger partial charge in [0.15, 0.2) is 0 Å². The molecule has 6 nitrogen and oxygen atoms in total. The van der Waals surface area contributed by atoms with Gasteiger partial charge in [-0.2, -0.15) is 0 Å². The van der Waals surface area contributed by atoms with Crippen LogP contribution in [0.25, 0.3) is 0 Å². The third kappa shape index (κ3) is 3.79. The number of piperazine rings is 1. The van der Waals surface area contributed by atoms with Gasteiger partial charge in [-0.3, -0.25) is 14.6 Å². The van der Waals surface area contributed by atoms with E-state index in [0.717, 1.165) is 28.9 Å². The average molecular weight is 338 g/mol. The second kappa shape index (κ2) is 7.34. The van der Waals surface area contributed by atoms with Crippen molar-refractivity contribution in [1.29, 1.82) is 0 Å². The number of anilines is 2. The molecule has 1 aromatic carbocycles. The summed E-state index contributed by atoms with van der Waals surface area (Å²) < 4.78 is 0. The van der Waals surface area contributed by atoms with Gasteiger partial charge < -0.3 is 15.1 Å². The number of amides is 2. The first-order chi connectivity index (χ1) is 12.1. The lowest BCUT2D eigenvalue weighted by Crippen LogP contribution is -2.48. The molecule has 0 aliphatic carbocycles. The van der Waals surface area contributed by atoms with Crippen LogP contribution in [0, 0.1) is 13.8 Å². The largest absolute Gasteiger partial charge is 0.355 e. The number of carbonyl (C=O) groups excluding carboxylic acids is 2. The zero-order valence-electron chi connectivity index (χ0n) is 14.5. The number of nitrogens with zero attached hydrogens (tertiary/aromatic N) is 3. The first-order valence-electron chi connectivity index (χ1n) is 8.36. The third-order valence-electron chi connectivity index (χ3n) is 4.48. The van der Waals surface area contributed by atoms with E-state index >= 15 is 0 Å². The van der Waals surface area contributed by atoms with E-state index < -0.39 is 0 Å². The van der Waals surface area contributed by atoms with Crippen LogP contribution < -0.4 is 5.32 Å². The van der Waals surface area contributed by atoms with Crippen molar-refractivity contribution in [3.05, 3.63) is 53.3 Å². The van der Waals surface area contributed by atoms with Crippen LogP contribution in [0.5, 0.6) is 0 Å². The van der Waals surface area contributed by atoms with Crippen molar-refractivity contribution in [2.75, 3.05) is 31.5 Å². The van der Waals surface area contributed by atoms with E-state index in [1.165, 1.54) is 0 Å². The fourth-order valence-corrected chi connectivity index (χ4v) is 2.97. The molecule has 1 aliphatic rings. The van der Waals surface area contributed by atoms with Gasteiger partial charge in [0, 0.05) is 43.8 Å². The highest BCUT2D eigenvalue weighted by Gasteiger charge is 2.22. The predicted molar refractivity (Wildman–Crippen MR) is 97.0 cm³/mol. The minimum Gasteiger partial charge on any atom is -0.355 e. The van der Waals surface area contributed by atoms with E-state index in [-0.39, 0.29) is 5.91 Å². The fourth-order valence-electron chi connectivity index (χ4n) is 2.97. The maximum absolute atomic E-state index is 12.7. The average Bonchev–Trinajstić information content (AvgIpc) is 2.64. The molecule has 130 valence electrons. The van der Waals surface area contributed by atoms with Crippen LogP contribution in [-0.4, -0.2) is 53.3 Å². The number of para-hydroxylation sites is 1. The van der Waals surface area contributed by atoms with Crippen LogP contribution in [0.4, 0.5) is 11.4 Å². The molecule has 25 heavy (non-hydrogen) atoms. The molecule has 1 saturated heterocycles. The van der Waals surface area contributed by atoms with Gasteiger partial charge in [-0.1, -0.05) is 18.2 Å². The molecule has 2 heterocycles. The smallest absolute Gasteiger partial charge is 0.272 e. The van der Waals surface area contributed by atoms with E-state index in [1.54, 1.807) is 22.1 Å². The summed E-state index contributed by atoms with van der Waals surface area (Å²) in [5.74, 6) is -0.101. The molecule has 1 N–H and O–H groups in total. The molecule has 3 rings (SSSR count). The predicted octanol–water partition coefficient (Wildman–Crippen LogP) is 2.36. The highest BCUT2D eigenvalue weighted by atomic mass is 16.2. The number of benzene rings is 1. The van der Waals surface area contributed by atoms with Crippen LogP contribution >= 0.6 is 0 Å². The molecule has 1 aliphatic heterocycles. The summed E-state index contributed by atoms with van der Waals surface area (Å²) in [4.78, 5) is 31.1. The zero-order chi connectivity index (χ0) is 17.8. The van der Waals surface area contributed by atoms with Crippen LogP contribution in [0.2, 0.25) is 0 Å². The van der Waals surface area contributed by atoms with Gasteiger partial charge in [0.25, 0.3) is 5.91 Å². The number of aromatic nitrogens is 1. The Kier molecular flexibility index (Phi) is 4.97. The summed E-state index contributed by atoms with van der Waals surface area (Å²) >= 11 is 0. The Morgan fingerprint density at radius 2 is 1.80 bits per heavy atom. The number of nitrogens with one attached hydrogen (secondary N) is 1. The van der Waals surface area contributed by atoms with Crippen LogP contribution in [0.15, 0.2) is 36.5 Å². The zero-order valence-corrected chi connectivity index (χ0v) is 14.5. The van der Waals surface area contributed by atoms with Crippen LogP contribution in [0.3, 0.4) is 0 Å². The molecule has 1 fully saturated rings. The van der Waals surface area contributed by atoms with E-state index in [0.29, 0.717) is 31.9 Å². The van der Waals surface area contributed by atoms with Crippen molar-refractivity contribution in [1.82, 2.24) is 14.8 Å². The maximum Gasteiger partial charge on any atom is 0.272 e. The molecule has 2 amide bonds. The minimum absolute atomic E-state index is 0.101. The van der Waals surface area contributed by atoms with E-state index in [4.69, 9.17) is 0 Å². The number of rotatable bonds is 4. The van der Waals surface area contributed by atoms with E-state index in [9.17, 15) is 9.59 Å². The third-order valence-corrected chi connectivity index (χ3v) is 4.48. The molecule has 0 atom stereocenters. The normalized spacial score (nSPS) is 14.3. The number of carbonyl (C=O) groups is 2. The van der Waals surface area contributed by atoms with Crippen molar-refractivity contribution in [2.24, 2.45) is 0 Å². The standard InChI is InChI=1S/C19H22N4O2/c1-14-4-3-5-15(2)18(14)21-16-6-7-20-17(12-16)19(25)23-10-8-22(13-24)9-11-23/h3-7,12-13H,8-11H2,1-2H3,(H,20,21). The van der Waals surface area contributed by atoms with Crippen molar-refractivity contribution >= 4 is 23.7 Å². The lowest BCUT2D eigenvalue weighted by Gasteiger charge is -2.32. The van der Waals surface area contributed by atoms with E-state index in [1.807, 2.05) is 12.1 Å². The van der Waals surface area contributed by atoms with Gasteiger partial charge in [-0.05, 0) is 37.1 Å². The monoisotopic (exact) mass is 338 g/mol. The number of hydrogen-bond acceptors (Lipinski definition) is 4. The molecule has 1 aromatic heterocycles. The quantitative estimate of drug-likeness (QED) is 0.869. The van der Waals surface area contributed by atoms with Crippen molar-refractivity contribution in [3.8, 4) is 0 Å². The highest BCUT2D eigenvalue weighted by molar-refractivity contribution is 5.93. The highest BCUT2D eigenvalue weighted by Crippen LogP contribution is 2.24. The van der Waals surface area contributed by atoms with Gasteiger partial charge in [0.05, 0.1) is 0 Å². The molecular formula is C19H22N4O2. The Morgan fingerprint density at radius 3 is 2.44 bits per heavy atom. The molecule has 0 saturated carbocycles. The Morgan fingerprint density at radius 1 is 1.12 bits per heavy atom. The minimum atomic E-state index is -0.101. The maximum atomic E-state index is 12.7. The molecule has 0 unspecified atom stereocenters. The SMILES string of the molecule is Cc1cccc(C)c1Nc1ccnc(C(=O)N2CCN(C=O)CC2)c1. The Labute approximate surface area is 147 Å². The van der Waals surface area contributed by atoms with Gasteiger partial charge in [0.2, 0.25) is 6.41 Å². The summed E-state index contributed by atoms with van der Waals surface area (Å²) in [6.45, 7) is 6.30. The Bertz CT molecular complexity index is 762. The lowest BCUT2D eigenvalue weighted by atomic mass is 10.1. The number of aryl methyl sites for hydroxylation is 2. The number of pyridine rings is 1. The Balaban J connectivity index is 1.75. The summed E-state index contributed by atoms with van der Waals surface area (Å²) in [7, 11) is 0. The fraction of sp³-hybridized carbons (Fsp3) is 0.316. The molecule has 0 spiro atoms. The van der Waals surface area contributed by atoms with E-state index in [2.05, 4.69) is 36.3 Å². The Hall–Kier alpha value is -2.89. The van der Waals surface area contributed by atoms with Gasteiger partial charge in [-0.15, -0.1) is 0 Å². The lowest BCUT2D eigenvalue weighted by molar-refractivity contribution is -0.119. The van der Waals surface area contributed by atoms with Crippen molar-refractivity contribution < 1.29 is 9.59 Å². The van der Waals surface area contributed by atoms with Gasteiger partial charge in [-0.25, -0.2) is 0 Å². The molecule has 0 radical (unpaired) electrons. The first-order valence-corrected chi connectivity index (χ1v) is 8.36. The van der Waals surface area contributed by atoms with Crippen molar-refractivity contribution in [3.63, 3.8) is 0 Å². The van der Waals surface area contributed by atoms with Crippen LogP contribution in [0.1, 0.15) is 21.6 Å². The first kappa shape index (κ1) is 17.0. The summed E-state index contributed by atoms with van der Waals surface area (Å²) in [6, 6.07) is 9.76. The number of hydrogen-bond donors (Lipinski definition) is 1. The molecule has 6 heteroatoms. The summed E-state index contributed by atoms with van der Waals surface area (Å²) in [5.41, 5.74) is 4.59. The second-order valence-corrected chi connectivity index (χ2v) is 6.26. The summed E-state index contributed by atoms with van der Waals surface area (Å²) in [5, 5.41) is 3.39. The van der Waals surface area contributed by atoms with Gasteiger partial charge in [0.1, 0.15) is 5.69 Å². The second-order valence-electron chi connectivity index (χ2n) is 6.26. The molecule has 2 aromatic rings. The van der Waals surface area contributed by atoms with Crippen LogP contribution in [-0.2, 0) is 4.79 Å². The van der Waals surface area contributed by atoms with Crippen molar-refractivity contribution in [2.45, 2.75) is 13.8 Å². The summed E-state index contributed by atoms with van der Waals surface area (Å²) in [6.07, 6.45) is 2.47.